The molecule has 0 heterocycles. The molecular weight excluding hydrogens is 322 g/mol. The third-order valence-corrected chi connectivity index (χ3v) is 5.30. The molecule has 2 aromatic rings. The summed E-state index contributed by atoms with van der Waals surface area (Å²) < 4.78 is 1.25. The third kappa shape index (κ3) is 2.93. The van der Waals surface area contributed by atoms with Crippen molar-refractivity contribution in [3.05, 3.63) is 68.7 Å². The number of fused-ring (bicyclic) bond motifs is 1. The highest BCUT2D eigenvalue weighted by atomic mass is 79.9. The van der Waals surface area contributed by atoms with E-state index >= 15 is 0 Å². The lowest BCUT2D eigenvalue weighted by atomic mass is 9.99. The lowest BCUT2D eigenvalue weighted by Gasteiger charge is -2.22. The molecule has 0 saturated carbocycles. The molecule has 0 radical (unpaired) electrons. The van der Waals surface area contributed by atoms with E-state index in [0.29, 0.717) is 12.1 Å². The van der Waals surface area contributed by atoms with E-state index in [9.17, 15) is 0 Å². The number of benzene rings is 2. The monoisotopic (exact) mass is 343 g/mol. The maximum atomic E-state index is 3.82. The van der Waals surface area contributed by atoms with Crippen molar-refractivity contribution in [2.45, 2.75) is 45.7 Å². The van der Waals surface area contributed by atoms with Crippen LogP contribution in [-0.4, -0.2) is 0 Å². The second-order valence-corrected chi connectivity index (χ2v) is 7.00. The first-order valence-corrected chi connectivity index (χ1v) is 8.46. The highest BCUT2D eigenvalue weighted by Crippen LogP contribution is 2.37. The summed E-state index contributed by atoms with van der Waals surface area (Å²) in [5, 5.41) is 3.82. The standard InChI is InChI=1S/C19H22BrN/c1-12-7-8-15(13(2)11-12)14(3)21-19-10-9-16-17(19)5-4-6-18(16)20/h4-8,11,14,19,21H,9-10H2,1-3H3. The van der Waals surface area contributed by atoms with Gasteiger partial charge in [0.15, 0.2) is 0 Å². The molecule has 21 heavy (non-hydrogen) atoms. The number of halogens is 1. The molecule has 2 heteroatoms. The molecular formula is C19H22BrN. The fourth-order valence-electron chi connectivity index (χ4n) is 3.49. The van der Waals surface area contributed by atoms with Crippen molar-refractivity contribution in [3.8, 4) is 0 Å². The van der Waals surface area contributed by atoms with Crippen molar-refractivity contribution in [2.75, 3.05) is 0 Å². The zero-order valence-electron chi connectivity index (χ0n) is 12.9. The Morgan fingerprint density at radius 1 is 1.19 bits per heavy atom. The van der Waals surface area contributed by atoms with Gasteiger partial charge in [-0.25, -0.2) is 0 Å². The normalized spacial score (nSPS) is 18.6. The summed E-state index contributed by atoms with van der Waals surface area (Å²) in [6, 6.07) is 14.1. The molecule has 110 valence electrons. The fourth-order valence-corrected chi connectivity index (χ4v) is 4.07. The van der Waals surface area contributed by atoms with Crippen LogP contribution >= 0.6 is 15.9 Å². The smallest absolute Gasteiger partial charge is 0.0331 e. The maximum Gasteiger partial charge on any atom is 0.0331 e. The topological polar surface area (TPSA) is 12.0 Å². The fraction of sp³-hybridized carbons (Fsp3) is 0.368. The molecule has 1 nitrogen and oxygen atoms in total. The van der Waals surface area contributed by atoms with Crippen LogP contribution in [0.25, 0.3) is 0 Å². The van der Waals surface area contributed by atoms with Crippen molar-refractivity contribution in [3.63, 3.8) is 0 Å². The number of nitrogens with one attached hydrogen (secondary N) is 1. The van der Waals surface area contributed by atoms with Gasteiger partial charge >= 0.3 is 0 Å². The van der Waals surface area contributed by atoms with Crippen LogP contribution in [0.3, 0.4) is 0 Å². The van der Waals surface area contributed by atoms with Crippen molar-refractivity contribution in [1.82, 2.24) is 5.32 Å². The van der Waals surface area contributed by atoms with Crippen LogP contribution in [0, 0.1) is 13.8 Å². The van der Waals surface area contributed by atoms with Crippen LogP contribution in [0.4, 0.5) is 0 Å². The zero-order chi connectivity index (χ0) is 15.0. The van der Waals surface area contributed by atoms with E-state index < -0.39 is 0 Å². The van der Waals surface area contributed by atoms with Crippen molar-refractivity contribution < 1.29 is 0 Å². The van der Waals surface area contributed by atoms with E-state index in [4.69, 9.17) is 0 Å². The Bertz CT molecular complexity index is 663. The van der Waals surface area contributed by atoms with Gasteiger partial charge in [-0.2, -0.15) is 0 Å². The number of rotatable bonds is 3. The minimum absolute atomic E-state index is 0.375. The van der Waals surface area contributed by atoms with Gasteiger partial charge in [0, 0.05) is 16.6 Å². The van der Waals surface area contributed by atoms with E-state index in [1.165, 1.54) is 38.7 Å². The van der Waals surface area contributed by atoms with Gasteiger partial charge in [0.05, 0.1) is 0 Å². The Balaban J connectivity index is 1.81. The van der Waals surface area contributed by atoms with Crippen LogP contribution in [0.2, 0.25) is 0 Å². The Labute approximate surface area is 135 Å². The molecule has 0 aliphatic heterocycles. The van der Waals surface area contributed by atoms with Crippen LogP contribution in [0.1, 0.15) is 53.2 Å². The van der Waals surface area contributed by atoms with Crippen molar-refractivity contribution >= 4 is 15.9 Å². The van der Waals surface area contributed by atoms with Crippen LogP contribution < -0.4 is 5.32 Å². The van der Waals surface area contributed by atoms with E-state index in [2.05, 4.69) is 78.4 Å². The molecule has 2 unspecified atom stereocenters. The van der Waals surface area contributed by atoms with Gasteiger partial charge in [-0.15, -0.1) is 0 Å². The van der Waals surface area contributed by atoms with Gasteiger partial charge in [0.1, 0.15) is 0 Å². The molecule has 0 spiro atoms. The second-order valence-electron chi connectivity index (χ2n) is 6.15. The van der Waals surface area contributed by atoms with Crippen LogP contribution in [0.5, 0.6) is 0 Å². The molecule has 0 amide bonds. The van der Waals surface area contributed by atoms with E-state index in [1.54, 1.807) is 0 Å². The summed E-state index contributed by atoms with van der Waals surface area (Å²) in [5.74, 6) is 0. The van der Waals surface area contributed by atoms with E-state index in [0.717, 1.165) is 6.42 Å². The molecule has 1 N–H and O–H groups in total. The van der Waals surface area contributed by atoms with Crippen molar-refractivity contribution in [1.29, 1.82) is 0 Å². The molecule has 2 atom stereocenters. The quantitative estimate of drug-likeness (QED) is 0.786. The molecule has 3 rings (SSSR count). The van der Waals surface area contributed by atoms with Crippen LogP contribution in [0.15, 0.2) is 40.9 Å². The van der Waals surface area contributed by atoms with E-state index in [-0.39, 0.29) is 0 Å². The lowest BCUT2D eigenvalue weighted by Crippen LogP contribution is -2.23. The zero-order valence-corrected chi connectivity index (χ0v) is 14.5. The first-order chi connectivity index (χ1) is 10.1. The van der Waals surface area contributed by atoms with Gasteiger partial charge in [0.25, 0.3) is 0 Å². The summed E-state index contributed by atoms with van der Waals surface area (Å²) >= 11 is 3.68. The van der Waals surface area contributed by atoms with Gasteiger partial charge < -0.3 is 5.32 Å². The predicted octanol–water partition coefficient (Wildman–Crippen LogP) is 5.40. The minimum Gasteiger partial charge on any atom is -0.303 e. The molecule has 0 fully saturated rings. The number of aryl methyl sites for hydroxylation is 2. The molecule has 2 aromatic carbocycles. The first kappa shape index (κ1) is 14.8. The predicted molar refractivity (Wildman–Crippen MR) is 92.7 cm³/mol. The molecule has 0 bridgehead atoms. The molecule has 1 aliphatic carbocycles. The summed E-state index contributed by atoms with van der Waals surface area (Å²) in [7, 11) is 0. The SMILES string of the molecule is Cc1ccc(C(C)NC2CCc3c(Br)cccc32)c(C)c1. The Morgan fingerprint density at radius 3 is 2.76 bits per heavy atom. The average Bonchev–Trinajstić information content (AvgIpc) is 2.83. The molecule has 1 aliphatic rings. The van der Waals surface area contributed by atoms with Gasteiger partial charge in [-0.3, -0.25) is 0 Å². The van der Waals surface area contributed by atoms with Crippen LogP contribution in [-0.2, 0) is 6.42 Å². The summed E-state index contributed by atoms with van der Waals surface area (Å²) in [5.41, 5.74) is 7.05. The molecule has 0 saturated heterocycles. The maximum absolute atomic E-state index is 3.82. The van der Waals surface area contributed by atoms with E-state index in [1.807, 2.05) is 0 Å². The lowest BCUT2D eigenvalue weighted by molar-refractivity contribution is 0.464. The van der Waals surface area contributed by atoms with Gasteiger partial charge in [0.2, 0.25) is 0 Å². The molecule has 0 aromatic heterocycles. The third-order valence-electron chi connectivity index (χ3n) is 4.56. The summed E-state index contributed by atoms with van der Waals surface area (Å²) in [4.78, 5) is 0. The highest BCUT2D eigenvalue weighted by molar-refractivity contribution is 9.10. The number of hydrogen-bond acceptors (Lipinski definition) is 1. The van der Waals surface area contributed by atoms with Gasteiger partial charge in [-0.05, 0) is 61.9 Å². The second kappa shape index (κ2) is 5.94. The number of hydrogen-bond donors (Lipinski definition) is 1. The minimum atomic E-state index is 0.375. The summed E-state index contributed by atoms with van der Waals surface area (Å²) in [6.07, 6.45) is 2.35. The Kier molecular flexibility index (Phi) is 4.19. The average molecular weight is 344 g/mol. The Hall–Kier alpha value is -1.12. The highest BCUT2D eigenvalue weighted by Gasteiger charge is 2.25. The summed E-state index contributed by atoms with van der Waals surface area (Å²) in [6.45, 7) is 6.63. The Morgan fingerprint density at radius 2 is 2.00 bits per heavy atom. The van der Waals surface area contributed by atoms with Crippen molar-refractivity contribution in [2.24, 2.45) is 0 Å². The van der Waals surface area contributed by atoms with Gasteiger partial charge in [-0.1, -0.05) is 51.8 Å². The first-order valence-electron chi connectivity index (χ1n) is 7.66. The largest absolute Gasteiger partial charge is 0.303 e.